The summed E-state index contributed by atoms with van der Waals surface area (Å²) in [5, 5.41) is 4.80. The van der Waals surface area contributed by atoms with E-state index in [-0.39, 0.29) is 17.8 Å². The SMILES string of the molecule is CCNC(=O)NC(=O)C(C)N1CCCC(C(=O)OC)C1. The summed E-state index contributed by atoms with van der Waals surface area (Å²) in [6.45, 7) is 5.18. The van der Waals surface area contributed by atoms with Gasteiger partial charge in [0.25, 0.3) is 0 Å². The van der Waals surface area contributed by atoms with Crippen LogP contribution in [0.4, 0.5) is 4.79 Å². The maximum Gasteiger partial charge on any atom is 0.321 e. The summed E-state index contributed by atoms with van der Waals surface area (Å²) >= 11 is 0. The Morgan fingerprint density at radius 2 is 2.10 bits per heavy atom. The summed E-state index contributed by atoms with van der Waals surface area (Å²) < 4.78 is 4.74. The van der Waals surface area contributed by atoms with Gasteiger partial charge in [-0.05, 0) is 33.2 Å². The van der Waals surface area contributed by atoms with Crippen molar-refractivity contribution in [3.05, 3.63) is 0 Å². The summed E-state index contributed by atoms with van der Waals surface area (Å²) in [6.07, 6.45) is 1.60. The van der Waals surface area contributed by atoms with E-state index in [1.807, 2.05) is 4.90 Å². The van der Waals surface area contributed by atoms with Crippen LogP contribution in [-0.4, -0.2) is 55.6 Å². The zero-order valence-corrected chi connectivity index (χ0v) is 12.3. The van der Waals surface area contributed by atoms with Crippen molar-refractivity contribution in [3.63, 3.8) is 0 Å². The Kier molecular flexibility index (Phi) is 6.44. The van der Waals surface area contributed by atoms with Crippen LogP contribution in [0.5, 0.6) is 0 Å². The van der Waals surface area contributed by atoms with Gasteiger partial charge in [-0.2, -0.15) is 0 Å². The van der Waals surface area contributed by atoms with Crippen LogP contribution >= 0.6 is 0 Å². The van der Waals surface area contributed by atoms with Gasteiger partial charge in [-0.15, -0.1) is 0 Å². The monoisotopic (exact) mass is 285 g/mol. The van der Waals surface area contributed by atoms with Crippen molar-refractivity contribution in [2.24, 2.45) is 5.92 Å². The number of carbonyl (C=O) groups excluding carboxylic acids is 3. The van der Waals surface area contributed by atoms with Gasteiger partial charge in [0.1, 0.15) is 0 Å². The number of methoxy groups -OCH3 is 1. The largest absolute Gasteiger partial charge is 0.469 e. The highest BCUT2D eigenvalue weighted by Gasteiger charge is 2.31. The molecule has 1 fully saturated rings. The van der Waals surface area contributed by atoms with Crippen molar-refractivity contribution in [2.45, 2.75) is 32.7 Å². The molecule has 1 saturated heterocycles. The molecule has 0 aromatic rings. The standard InChI is InChI=1S/C13H23N3O4/c1-4-14-13(19)15-11(17)9(2)16-7-5-6-10(8-16)12(18)20-3/h9-10H,4-8H2,1-3H3,(H2,14,15,17,19). The Morgan fingerprint density at radius 1 is 1.40 bits per heavy atom. The molecule has 0 aromatic heterocycles. The average Bonchev–Trinajstić information content (AvgIpc) is 2.45. The molecule has 2 atom stereocenters. The van der Waals surface area contributed by atoms with Crippen LogP contribution in [0.25, 0.3) is 0 Å². The number of likely N-dealkylation sites (tertiary alicyclic amines) is 1. The van der Waals surface area contributed by atoms with Crippen LogP contribution in [-0.2, 0) is 14.3 Å². The van der Waals surface area contributed by atoms with Gasteiger partial charge in [0.05, 0.1) is 19.1 Å². The maximum atomic E-state index is 11.9. The number of esters is 1. The number of carbonyl (C=O) groups is 3. The van der Waals surface area contributed by atoms with Crippen LogP contribution in [0.3, 0.4) is 0 Å². The molecular weight excluding hydrogens is 262 g/mol. The van der Waals surface area contributed by atoms with Crippen molar-refractivity contribution in [3.8, 4) is 0 Å². The molecule has 7 heteroatoms. The third kappa shape index (κ3) is 4.48. The first-order chi connectivity index (χ1) is 9.49. The van der Waals surface area contributed by atoms with E-state index in [0.29, 0.717) is 13.1 Å². The molecule has 0 spiro atoms. The molecule has 1 rings (SSSR count). The summed E-state index contributed by atoms with van der Waals surface area (Å²) in [6, 6.07) is -0.948. The lowest BCUT2D eigenvalue weighted by atomic mass is 9.97. The predicted molar refractivity (Wildman–Crippen MR) is 73.0 cm³/mol. The fraction of sp³-hybridized carbons (Fsp3) is 0.769. The first kappa shape index (κ1) is 16.4. The smallest absolute Gasteiger partial charge is 0.321 e. The number of nitrogens with zero attached hydrogens (tertiary/aromatic N) is 1. The molecule has 0 aliphatic carbocycles. The number of piperidine rings is 1. The van der Waals surface area contributed by atoms with Crippen molar-refractivity contribution < 1.29 is 19.1 Å². The van der Waals surface area contributed by atoms with E-state index in [1.165, 1.54) is 7.11 Å². The van der Waals surface area contributed by atoms with Crippen molar-refractivity contribution in [1.29, 1.82) is 0 Å². The van der Waals surface area contributed by atoms with Gasteiger partial charge in [0.2, 0.25) is 5.91 Å². The number of ether oxygens (including phenoxy) is 1. The van der Waals surface area contributed by atoms with Gasteiger partial charge in [-0.1, -0.05) is 0 Å². The van der Waals surface area contributed by atoms with E-state index in [1.54, 1.807) is 13.8 Å². The molecule has 2 N–H and O–H groups in total. The minimum Gasteiger partial charge on any atom is -0.469 e. The van der Waals surface area contributed by atoms with E-state index < -0.39 is 12.1 Å². The number of hydrogen-bond donors (Lipinski definition) is 2. The lowest BCUT2D eigenvalue weighted by Crippen LogP contribution is -2.52. The second kappa shape index (κ2) is 7.84. The number of amides is 3. The Labute approximate surface area is 119 Å². The molecule has 1 heterocycles. The van der Waals surface area contributed by atoms with Gasteiger partial charge >= 0.3 is 12.0 Å². The lowest BCUT2D eigenvalue weighted by Gasteiger charge is -2.34. The normalized spacial score (nSPS) is 20.9. The fourth-order valence-corrected chi connectivity index (χ4v) is 2.30. The van der Waals surface area contributed by atoms with Crippen molar-refractivity contribution in [2.75, 3.05) is 26.7 Å². The summed E-state index contributed by atoms with van der Waals surface area (Å²) in [7, 11) is 1.37. The van der Waals surface area contributed by atoms with Crippen LogP contribution in [0.15, 0.2) is 0 Å². The van der Waals surface area contributed by atoms with E-state index >= 15 is 0 Å². The molecule has 0 bridgehead atoms. The first-order valence-electron chi connectivity index (χ1n) is 6.90. The quantitative estimate of drug-likeness (QED) is 0.716. The fourth-order valence-electron chi connectivity index (χ4n) is 2.30. The minimum absolute atomic E-state index is 0.200. The molecule has 0 saturated carbocycles. The summed E-state index contributed by atoms with van der Waals surface area (Å²) in [5.41, 5.74) is 0. The number of urea groups is 1. The van der Waals surface area contributed by atoms with E-state index in [4.69, 9.17) is 4.74 Å². The average molecular weight is 285 g/mol. The van der Waals surface area contributed by atoms with Gasteiger partial charge < -0.3 is 10.1 Å². The molecule has 0 radical (unpaired) electrons. The Bertz CT molecular complexity index is 373. The van der Waals surface area contributed by atoms with Crippen LogP contribution in [0, 0.1) is 5.92 Å². The number of imide groups is 1. The number of rotatable bonds is 4. The third-order valence-corrected chi connectivity index (χ3v) is 3.49. The minimum atomic E-state index is -0.495. The van der Waals surface area contributed by atoms with E-state index in [2.05, 4.69) is 10.6 Å². The first-order valence-corrected chi connectivity index (χ1v) is 6.90. The zero-order valence-electron chi connectivity index (χ0n) is 12.3. The molecule has 7 nitrogen and oxygen atoms in total. The third-order valence-electron chi connectivity index (χ3n) is 3.49. The zero-order chi connectivity index (χ0) is 15.1. The molecule has 114 valence electrons. The second-order valence-electron chi connectivity index (χ2n) is 4.88. The number of hydrogen-bond acceptors (Lipinski definition) is 5. The highest BCUT2D eigenvalue weighted by Crippen LogP contribution is 2.19. The van der Waals surface area contributed by atoms with Gasteiger partial charge in [-0.25, -0.2) is 4.79 Å². The van der Waals surface area contributed by atoms with Crippen LogP contribution in [0.1, 0.15) is 26.7 Å². The highest BCUT2D eigenvalue weighted by molar-refractivity contribution is 5.96. The molecule has 1 aliphatic heterocycles. The molecule has 2 unspecified atom stereocenters. The number of nitrogens with one attached hydrogen (secondary N) is 2. The van der Waals surface area contributed by atoms with Crippen LogP contribution < -0.4 is 10.6 Å². The molecule has 1 aliphatic rings. The Hall–Kier alpha value is -1.63. The highest BCUT2D eigenvalue weighted by atomic mass is 16.5. The molecule has 0 aromatic carbocycles. The summed E-state index contributed by atoms with van der Waals surface area (Å²) in [5.74, 6) is -0.805. The van der Waals surface area contributed by atoms with E-state index in [9.17, 15) is 14.4 Å². The van der Waals surface area contributed by atoms with E-state index in [0.717, 1.165) is 19.4 Å². The lowest BCUT2D eigenvalue weighted by molar-refractivity contribution is -0.148. The molecular formula is C13H23N3O4. The molecule has 20 heavy (non-hydrogen) atoms. The van der Waals surface area contributed by atoms with Gasteiger partial charge in [-0.3, -0.25) is 19.8 Å². The second-order valence-corrected chi connectivity index (χ2v) is 4.88. The van der Waals surface area contributed by atoms with Crippen molar-refractivity contribution in [1.82, 2.24) is 15.5 Å². The Balaban J connectivity index is 2.53. The predicted octanol–water partition coefficient (Wildman–Crippen LogP) is 0.106. The Morgan fingerprint density at radius 3 is 2.70 bits per heavy atom. The van der Waals surface area contributed by atoms with Crippen LogP contribution in [0.2, 0.25) is 0 Å². The van der Waals surface area contributed by atoms with Gasteiger partial charge in [0, 0.05) is 13.1 Å². The van der Waals surface area contributed by atoms with Crippen molar-refractivity contribution >= 4 is 17.9 Å². The van der Waals surface area contributed by atoms with Gasteiger partial charge in [0.15, 0.2) is 0 Å². The molecule has 3 amide bonds. The summed E-state index contributed by atoms with van der Waals surface area (Å²) in [4.78, 5) is 36.7. The maximum absolute atomic E-state index is 11.9. The topological polar surface area (TPSA) is 87.7 Å².